The first-order valence-corrected chi connectivity index (χ1v) is 7.04. The van der Waals surface area contributed by atoms with Crippen LogP contribution in [0.15, 0.2) is 33.1 Å². The molecule has 0 aliphatic heterocycles. The maximum Gasteiger partial charge on any atom is 0.240 e. The Balaban J connectivity index is 1.86. The Morgan fingerprint density at radius 2 is 2.10 bits per heavy atom. The highest BCUT2D eigenvalue weighted by Gasteiger charge is 2.04. The standard InChI is InChI=1S/C14H11BrN2O3/c1-18-10-3-2-9-6-11(19-12(9)7-10)4-5-13-16-17-14(8-15)20-13/h2-7H,8H2,1H3. The molecule has 1 aromatic carbocycles. The number of benzene rings is 1. The summed E-state index contributed by atoms with van der Waals surface area (Å²) in [6.07, 6.45) is 3.51. The van der Waals surface area contributed by atoms with Gasteiger partial charge in [0.1, 0.15) is 17.1 Å². The summed E-state index contributed by atoms with van der Waals surface area (Å²) in [6.45, 7) is 0. The predicted molar refractivity (Wildman–Crippen MR) is 78.6 cm³/mol. The van der Waals surface area contributed by atoms with Gasteiger partial charge in [-0.2, -0.15) is 0 Å². The monoisotopic (exact) mass is 334 g/mol. The lowest BCUT2D eigenvalue weighted by molar-refractivity contribution is 0.414. The minimum Gasteiger partial charge on any atom is -0.497 e. The van der Waals surface area contributed by atoms with Crippen LogP contribution in [-0.4, -0.2) is 17.3 Å². The first kappa shape index (κ1) is 12.9. The van der Waals surface area contributed by atoms with E-state index in [1.807, 2.05) is 24.3 Å². The molecule has 0 spiro atoms. The fourth-order valence-electron chi connectivity index (χ4n) is 1.78. The van der Waals surface area contributed by atoms with E-state index in [1.165, 1.54) is 0 Å². The van der Waals surface area contributed by atoms with Gasteiger partial charge in [-0.3, -0.25) is 0 Å². The van der Waals surface area contributed by atoms with Crippen molar-refractivity contribution in [2.45, 2.75) is 5.33 Å². The summed E-state index contributed by atoms with van der Waals surface area (Å²) in [4.78, 5) is 0. The van der Waals surface area contributed by atoms with Crippen LogP contribution in [0.2, 0.25) is 0 Å². The topological polar surface area (TPSA) is 61.3 Å². The average Bonchev–Trinajstić information content (AvgIpc) is 3.10. The number of ether oxygens (including phenoxy) is 1. The van der Waals surface area contributed by atoms with Gasteiger partial charge in [0.25, 0.3) is 0 Å². The molecule has 2 aromatic heterocycles. The molecule has 0 aliphatic carbocycles. The van der Waals surface area contributed by atoms with Gasteiger partial charge in [-0.15, -0.1) is 10.2 Å². The van der Waals surface area contributed by atoms with E-state index in [-0.39, 0.29) is 0 Å². The number of nitrogens with zero attached hydrogens (tertiary/aromatic N) is 2. The third kappa shape index (κ3) is 2.60. The number of rotatable bonds is 4. The molecule has 0 unspecified atom stereocenters. The van der Waals surface area contributed by atoms with Gasteiger partial charge in [-0.25, -0.2) is 0 Å². The number of aromatic nitrogens is 2. The zero-order valence-electron chi connectivity index (χ0n) is 10.7. The van der Waals surface area contributed by atoms with Crippen LogP contribution in [0.3, 0.4) is 0 Å². The van der Waals surface area contributed by atoms with E-state index in [0.717, 1.165) is 16.7 Å². The summed E-state index contributed by atoms with van der Waals surface area (Å²) in [7, 11) is 1.63. The van der Waals surface area contributed by atoms with E-state index in [0.29, 0.717) is 22.9 Å². The van der Waals surface area contributed by atoms with Crippen LogP contribution >= 0.6 is 15.9 Å². The van der Waals surface area contributed by atoms with Crippen molar-refractivity contribution in [2.75, 3.05) is 7.11 Å². The number of alkyl halides is 1. The number of halogens is 1. The Morgan fingerprint density at radius 1 is 1.20 bits per heavy atom. The first-order chi connectivity index (χ1) is 9.78. The number of hydrogen-bond acceptors (Lipinski definition) is 5. The van der Waals surface area contributed by atoms with Crippen molar-refractivity contribution in [2.24, 2.45) is 0 Å². The molecule has 102 valence electrons. The molecule has 2 heterocycles. The number of hydrogen-bond donors (Lipinski definition) is 0. The Kier molecular flexibility index (Phi) is 3.56. The SMILES string of the molecule is COc1ccc2cc(C=Cc3nnc(CBr)o3)oc2c1. The highest BCUT2D eigenvalue weighted by Crippen LogP contribution is 2.25. The van der Waals surface area contributed by atoms with Gasteiger partial charge in [-0.1, -0.05) is 15.9 Å². The zero-order valence-corrected chi connectivity index (χ0v) is 12.3. The molecular weight excluding hydrogens is 324 g/mol. The lowest BCUT2D eigenvalue weighted by Gasteiger charge is -1.96. The fourth-order valence-corrected chi connectivity index (χ4v) is 2.01. The van der Waals surface area contributed by atoms with Crippen LogP contribution in [0.25, 0.3) is 23.1 Å². The predicted octanol–water partition coefficient (Wildman–Crippen LogP) is 3.89. The lowest BCUT2D eigenvalue weighted by Crippen LogP contribution is -1.79. The Hall–Kier alpha value is -2.08. The minimum absolute atomic E-state index is 0.442. The maximum atomic E-state index is 5.70. The van der Waals surface area contributed by atoms with Crippen molar-refractivity contribution in [3.63, 3.8) is 0 Å². The van der Waals surface area contributed by atoms with E-state index in [4.69, 9.17) is 13.6 Å². The van der Waals surface area contributed by atoms with Gasteiger partial charge in [0, 0.05) is 17.5 Å². The molecule has 5 nitrogen and oxygen atoms in total. The fraction of sp³-hybridized carbons (Fsp3) is 0.143. The molecule has 0 N–H and O–H groups in total. The summed E-state index contributed by atoms with van der Waals surface area (Å²) >= 11 is 3.25. The quantitative estimate of drug-likeness (QED) is 0.677. The van der Waals surface area contributed by atoms with Crippen LogP contribution in [-0.2, 0) is 5.33 Å². The Morgan fingerprint density at radius 3 is 2.85 bits per heavy atom. The molecule has 3 aromatic rings. The van der Waals surface area contributed by atoms with E-state index in [2.05, 4.69) is 26.1 Å². The van der Waals surface area contributed by atoms with E-state index >= 15 is 0 Å². The summed E-state index contributed by atoms with van der Waals surface area (Å²) in [5.41, 5.74) is 0.774. The van der Waals surface area contributed by atoms with Gasteiger partial charge < -0.3 is 13.6 Å². The number of fused-ring (bicyclic) bond motifs is 1. The summed E-state index contributed by atoms with van der Waals surface area (Å²) in [5, 5.41) is 9.29. The average molecular weight is 335 g/mol. The van der Waals surface area contributed by atoms with Crippen LogP contribution in [0.4, 0.5) is 0 Å². The van der Waals surface area contributed by atoms with E-state index < -0.39 is 0 Å². The van der Waals surface area contributed by atoms with Crippen molar-refractivity contribution in [1.29, 1.82) is 0 Å². The smallest absolute Gasteiger partial charge is 0.240 e. The van der Waals surface area contributed by atoms with Crippen molar-refractivity contribution in [3.05, 3.63) is 41.8 Å². The van der Waals surface area contributed by atoms with Gasteiger partial charge in [0.05, 0.1) is 12.4 Å². The number of furan rings is 1. The zero-order chi connectivity index (χ0) is 13.9. The molecule has 0 amide bonds. The van der Waals surface area contributed by atoms with Crippen molar-refractivity contribution < 1.29 is 13.6 Å². The third-order valence-corrected chi connectivity index (χ3v) is 3.21. The van der Waals surface area contributed by atoms with Crippen LogP contribution < -0.4 is 4.74 Å². The van der Waals surface area contributed by atoms with E-state index in [1.54, 1.807) is 19.3 Å². The van der Waals surface area contributed by atoms with Gasteiger partial charge >= 0.3 is 0 Å². The molecule has 0 saturated heterocycles. The van der Waals surface area contributed by atoms with Crippen molar-refractivity contribution in [1.82, 2.24) is 10.2 Å². The van der Waals surface area contributed by atoms with Crippen molar-refractivity contribution >= 4 is 39.1 Å². The second kappa shape index (κ2) is 5.50. The highest BCUT2D eigenvalue weighted by atomic mass is 79.9. The number of methoxy groups -OCH3 is 1. The second-order valence-electron chi connectivity index (χ2n) is 4.05. The summed E-state index contributed by atoms with van der Waals surface area (Å²) in [6, 6.07) is 7.63. The molecule has 0 aliphatic rings. The van der Waals surface area contributed by atoms with Gasteiger partial charge in [0.2, 0.25) is 11.8 Å². The molecule has 20 heavy (non-hydrogen) atoms. The molecule has 0 bridgehead atoms. The van der Waals surface area contributed by atoms with Crippen LogP contribution in [0, 0.1) is 0 Å². The van der Waals surface area contributed by atoms with Gasteiger partial charge in [-0.05, 0) is 24.3 Å². The largest absolute Gasteiger partial charge is 0.497 e. The normalized spacial score (nSPS) is 11.5. The maximum absolute atomic E-state index is 5.70. The summed E-state index contributed by atoms with van der Waals surface area (Å²) < 4.78 is 16.2. The first-order valence-electron chi connectivity index (χ1n) is 5.92. The molecule has 0 atom stereocenters. The molecule has 0 saturated carbocycles. The Labute approximate surface area is 123 Å². The van der Waals surface area contributed by atoms with E-state index in [9.17, 15) is 0 Å². The summed E-state index contributed by atoms with van der Waals surface area (Å²) in [5.74, 6) is 2.46. The molecule has 3 rings (SSSR count). The van der Waals surface area contributed by atoms with Crippen LogP contribution in [0.1, 0.15) is 17.5 Å². The molecule has 0 fully saturated rings. The molecule has 6 heteroatoms. The Bertz CT molecular complexity index is 761. The minimum atomic E-state index is 0.442. The highest BCUT2D eigenvalue weighted by molar-refractivity contribution is 9.08. The van der Waals surface area contributed by atoms with Crippen molar-refractivity contribution in [3.8, 4) is 5.75 Å². The lowest BCUT2D eigenvalue weighted by atomic mass is 10.2. The van der Waals surface area contributed by atoms with Crippen LogP contribution in [0.5, 0.6) is 5.75 Å². The molecular formula is C14H11BrN2O3. The molecule has 0 radical (unpaired) electrons. The second-order valence-corrected chi connectivity index (χ2v) is 4.61. The van der Waals surface area contributed by atoms with Gasteiger partial charge in [0.15, 0.2) is 0 Å². The third-order valence-electron chi connectivity index (χ3n) is 2.73.